The molecule has 0 N–H and O–H groups in total. The Hall–Kier alpha value is -3.74. The minimum atomic E-state index is -3.98. The number of piperidine rings is 1. The van der Waals surface area contributed by atoms with Gasteiger partial charge in [-0.25, -0.2) is 13.4 Å². The van der Waals surface area contributed by atoms with E-state index in [1.165, 1.54) is 32.1 Å². The van der Waals surface area contributed by atoms with Gasteiger partial charge in [0.25, 0.3) is 5.56 Å². The van der Waals surface area contributed by atoms with Gasteiger partial charge in [0.15, 0.2) is 0 Å². The van der Waals surface area contributed by atoms with Crippen molar-refractivity contribution < 1.29 is 17.9 Å². The maximum Gasteiger partial charge on any atom is 0.263 e. The Bertz CT molecular complexity index is 1810. The molecule has 10 nitrogen and oxygen atoms in total. The number of anilines is 1. The summed E-state index contributed by atoms with van der Waals surface area (Å²) in [5, 5.41) is 0.0662. The van der Waals surface area contributed by atoms with Gasteiger partial charge in [-0.1, -0.05) is 42.5 Å². The molecule has 2 aliphatic rings. The van der Waals surface area contributed by atoms with Crippen LogP contribution in [-0.2, 0) is 27.8 Å². The maximum atomic E-state index is 14.0. The van der Waals surface area contributed by atoms with Gasteiger partial charge in [0.2, 0.25) is 15.9 Å². The molecule has 0 saturated carbocycles. The summed E-state index contributed by atoms with van der Waals surface area (Å²) >= 11 is 1.19. The Kier molecular flexibility index (Phi) is 8.75. The highest BCUT2D eigenvalue weighted by molar-refractivity contribution is 7.89. The van der Waals surface area contributed by atoms with Crippen LogP contribution in [0.25, 0.3) is 10.2 Å². The number of para-hydroxylation sites is 2. The number of benzene rings is 2. The molecular formula is C32H37N5O5S2. The van der Waals surface area contributed by atoms with Crippen LogP contribution in [-0.4, -0.2) is 79.5 Å². The molecule has 2 aliphatic heterocycles. The molecule has 0 unspecified atom stereocenters. The van der Waals surface area contributed by atoms with Crippen LogP contribution < -0.4 is 15.2 Å². The number of piperazine rings is 1. The van der Waals surface area contributed by atoms with E-state index in [1.807, 2.05) is 42.5 Å². The summed E-state index contributed by atoms with van der Waals surface area (Å²) in [7, 11) is -2.36. The highest BCUT2D eigenvalue weighted by atomic mass is 32.2. The lowest BCUT2D eigenvalue weighted by molar-refractivity contribution is -0.133. The smallest absolute Gasteiger partial charge is 0.263 e. The summed E-state index contributed by atoms with van der Waals surface area (Å²) in [5.41, 5.74) is 1.72. The van der Waals surface area contributed by atoms with E-state index in [0.717, 1.165) is 30.7 Å². The van der Waals surface area contributed by atoms with E-state index in [9.17, 15) is 18.0 Å². The van der Waals surface area contributed by atoms with Gasteiger partial charge in [0.1, 0.15) is 22.0 Å². The van der Waals surface area contributed by atoms with E-state index in [2.05, 4.69) is 22.0 Å². The van der Waals surface area contributed by atoms with Crippen molar-refractivity contribution in [3.8, 4) is 5.75 Å². The van der Waals surface area contributed by atoms with Crippen molar-refractivity contribution in [2.24, 2.45) is 5.92 Å². The van der Waals surface area contributed by atoms with Crippen molar-refractivity contribution >= 4 is 43.2 Å². The first kappa shape index (κ1) is 30.3. The van der Waals surface area contributed by atoms with Crippen LogP contribution in [0.3, 0.4) is 0 Å². The monoisotopic (exact) mass is 635 g/mol. The van der Waals surface area contributed by atoms with Gasteiger partial charge >= 0.3 is 0 Å². The summed E-state index contributed by atoms with van der Waals surface area (Å²) in [5.74, 6) is 1.09. The van der Waals surface area contributed by atoms with Crippen molar-refractivity contribution in [3.63, 3.8) is 0 Å². The minimum absolute atomic E-state index is 0.00395. The molecule has 2 aromatic carbocycles. The lowest BCUT2D eigenvalue weighted by Crippen LogP contribution is -2.49. The molecule has 232 valence electrons. The van der Waals surface area contributed by atoms with Crippen LogP contribution >= 0.6 is 11.3 Å². The van der Waals surface area contributed by atoms with E-state index in [-0.39, 0.29) is 35.8 Å². The molecule has 4 heterocycles. The van der Waals surface area contributed by atoms with Gasteiger partial charge in [0, 0.05) is 44.1 Å². The van der Waals surface area contributed by atoms with Crippen molar-refractivity contribution in [1.82, 2.24) is 18.8 Å². The average molecular weight is 636 g/mol. The van der Waals surface area contributed by atoms with Crippen molar-refractivity contribution in [2.45, 2.75) is 37.6 Å². The van der Waals surface area contributed by atoms with Crippen molar-refractivity contribution in [2.75, 3.05) is 51.3 Å². The van der Waals surface area contributed by atoms with Crippen LogP contribution in [0.15, 0.2) is 70.6 Å². The molecule has 1 amide bonds. The molecule has 2 saturated heterocycles. The second-order valence-electron chi connectivity index (χ2n) is 11.4. The number of amides is 1. The third-order valence-corrected chi connectivity index (χ3v) is 11.9. The number of likely N-dealkylation sites (tertiary alicyclic amines) is 1. The number of methoxy groups -OCH3 is 1. The van der Waals surface area contributed by atoms with Crippen LogP contribution in [0.2, 0.25) is 0 Å². The van der Waals surface area contributed by atoms with Crippen molar-refractivity contribution in [3.05, 3.63) is 81.7 Å². The Balaban J connectivity index is 1.16. The topological polar surface area (TPSA) is 105 Å². The number of aromatic nitrogens is 2. The Morgan fingerprint density at radius 3 is 2.36 bits per heavy atom. The molecule has 4 aromatic rings. The Morgan fingerprint density at radius 2 is 1.66 bits per heavy atom. The summed E-state index contributed by atoms with van der Waals surface area (Å²) in [6.07, 6.45) is 4.17. The SMILES string of the molecule is COc1ccccc1N1CCN(S(=O)(=O)c2c(C)sc3ncn(CC(=O)N4CCC(Cc5ccccc5)CC4)c(=O)c23)CC1. The van der Waals surface area contributed by atoms with Gasteiger partial charge in [-0.2, -0.15) is 4.31 Å². The second kappa shape index (κ2) is 12.7. The molecular weight excluding hydrogens is 599 g/mol. The first-order valence-corrected chi connectivity index (χ1v) is 17.2. The second-order valence-corrected chi connectivity index (χ2v) is 14.5. The number of thiophene rings is 1. The number of hydrogen-bond donors (Lipinski definition) is 0. The van der Waals surface area contributed by atoms with E-state index >= 15 is 0 Å². The molecule has 44 heavy (non-hydrogen) atoms. The predicted molar refractivity (Wildman–Crippen MR) is 172 cm³/mol. The van der Waals surface area contributed by atoms with Crippen LogP contribution in [0.5, 0.6) is 5.75 Å². The van der Waals surface area contributed by atoms with Crippen LogP contribution in [0, 0.1) is 12.8 Å². The van der Waals surface area contributed by atoms with Crippen molar-refractivity contribution in [1.29, 1.82) is 0 Å². The molecule has 6 rings (SSSR count). The van der Waals surface area contributed by atoms with Gasteiger partial charge in [-0.05, 0) is 49.8 Å². The fraction of sp³-hybridized carbons (Fsp3) is 0.406. The highest BCUT2D eigenvalue weighted by Crippen LogP contribution is 2.34. The van der Waals surface area contributed by atoms with E-state index in [0.29, 0.717) is 41.8 Å². The first-order valence-electron chi connectivity index (χ1n) is 14.9. The predicted octanol–water partition coefficient (Wildman–Crippen LogP) is 3.77. The quantitative estimate of drug-likeness (QED) is 0.290. The third kappa shape index (κ3) is 5.98. The number of carbonyl (C=O) groups is 1. The van der Waals surface area contributed by atoms with Gasteiger partial charge in [-0.15, -0.1) is 11.3 Å². The molecule has 0 atom stereocenters. The Morgan fingerprint density at radius 1 is 0.977 bits per heavy atom. The number of sulfonamides is 1. The lowest BCUT2D eigenvalue weighted by Gasteiger charge is -2.36. The zero-order chi connectivity index (χ0) is 30.8. The number of carbonyl (C=O) groups excluding carboxylic acids is 1. The first-order chi connectivity index (χ1) is 21.3. The third-order valence-electron chi connectivity index (χ3n) is 8.70. The summed E-state index contributed by atoms with van der Waals surface area (Å²) in [6, 6.07) is 18.1. The molecule has 2 aromatic heterocycles. The number of nitrogens with zero attached hydrogens (tertiary/aromatic N) is 5. The zero-order valence-corrected chi connectivity index (χ0v) is 26.6. The minimum Gasteiger partial charge on any atom is -0.495 e. The summed E-state index contributed by atoms with van der Waals surface area (Å²) < 4.78 is 36.1. The molecule has 12 heteroatoms. The molecule has 0 bridgehead atoms. The molecule has 0 radical (unpaired) electrons. The van der Waals surface area contributed by atoms with Gasteiger partial charge < -0.3 is 14.5 Å². The molecule has 0 aliphatic carbocycles. The van der Waals surface area contributed by atoms with Gasteiger partial charge in [-0.3, -0.25) is 14.2 Å². The zero-order valence-electron chi connectivity index (χ0n) is 25.0. The normalized spacial score (nSPS) is 16.9. The fourth-order valence-electron chi connectivity index (χ4n) is 6.31. The van der Waals surface area contributed by atoms with E-state index in [4.69, 9.17) is 4.74 Å². The van der Waals surface area contributed by atoms with E-state index in [1.54, 1.807) is 18.9 Å². The summed E-state index contributed by atoms with van der Waals surface area (Å²) in [4.78, 5) is 36.2. The number of hydrogen-bond acceptors (Lipinski definition) is 8. The van der Waals surface area contributed by atoms with Gasteiger partial charge in [0.05, 0.1) is 24.5 Å². The number of ether oxygens (including phenoxy) is 1. The standard InChI is InChI=1S/C32H37N5O5S2/c1-23-30(44(40,41)37-18-16-34(17-19-37)26-10-6-7-11-27(26)42-2)29-31(43-23)33-22-36(32(29)39)21-28(38)35-14-12-25(13-15-35)20-24-8-4-3-5-9-24/h3-11,22,25H,12-21H2,1-2H3. The summed E-state index contributed by atoms with van der Waals surface area (Å²) in [6.45, 7) is 4.32. The Labute approximate surface area is 261 Å². The van der Waals surface area contributed by atoms with E-state index < -0.39 is 15.6 Å². The molecule has 2 fully saturated rings. The largest absolute Gasteiger partial charge is 0.495 e. The van der Waals surface area contributed by atoms with Crippen LogP contribution in [0.1, 0.15) is 23.3 Å². The number of rotatable bonds is 8. The highest BCUT2D eigenvalue weighted by Gasteiger charge is 2.34. The average Bonchev–Trinajstić information content (AvgIpc) is 3.40. The number of fused-ring (bicyclic) bond motifs is 1. The number of aryl methyl sites for hydroxylation is 1. The molecule has 0 spiro atoms. The fourth-order valence-corrected chi connectivity index (χ4v) is 9.39. The maximum absolute atomic E-state index is 14.0. The van der Waals surface area contributed by atoms with Crippen LogP contribution in [0.4, 0.5) is 5.69 Å². The lowest BCUT2D eigenvalue weighted by atomic mass is 9.90.